The molecule has 2 aromatic rings. The van der Waals surface area contributed by atoms with Gasteiger partial charge in [0.2, 0.25) is 5.91 Å². The molecule has 0 unspecified atom stereocenters. The Kier molecular flexibility index (Phi) is 6.02. The van der Waals surface area contributed by atoms with E-state index in [-0.39, 0.29) is 18.2 Å². The van der Waals surface area contributed by atoms with Crippen LogP contribution < -0.4 is 10.6 Å². The second-order valence-electron chi connectivity index (χ2n) is 4.89. The molecule has 0 fully saturated rings. The summed E-state index contributed by atoms with van der Waals surface area (Å²) in [6, 6.07) is 12.2. The van der Waals surface area contributed by atoms with Crippen LogP contribution in [0.1, 0.15) is 22.3 Å². The van der Waals surface area contributed by atoms with E-state index >= 15 is 0 Å². The Labute approximate surface area is 144 Å². The van der Waals surface area contributed by atoms with Crippen LogP contribution in [0, 0.1) is 0 Å². The highest BCUT2D eigenvalue weighted by atomic mass is 35.5. The molecule has 0 aromatic heterocycles. The first-order valence-electron chi connectivity index (χ1n) is 7.06. The van der Waals surface area contributed by atoms with Crippen molar-refractivity contribution in [2.75, 3.05) is 12.4 Å². The predicted octanol–water partition coefficient (Wildman–Crippen LogP) is 3.92. The van der Waals surface area contributed by atoms with E-state index in [0.717, 1.165) is 5.56 Å². The average Bonchev–Trinajstić information content (AvgIpc) is 2.56. The molecule has 0 radical (unpaired) electrons. The molecule has 2 rings (SSSR count). The molecule has 120 valence electrons. The second-order valence-corrected chi connectivity index (χ2v) is 5.67. The smallest absolute Gasteiger partial charge is 0.253 e. The molecule has 0 saturated heterocycles. The van der Waals surface area contributed by atoms with Crippen molar-refractivity contribution >= 4 is 40.7 Å². The molecular formula is C17H16Cl2N2O2. The molecule has 0 saturated carbocycles. The number of anilines is 1. The lowest BCUT2D eigenvalue weighted by molar-refractivity contribution is -0.116. The van der Waals surface area contributed by atoms with Crippen LogP contribution in [-0.2, 0) is 11.2 Å². The lowest BCUT2D eigenvalue weighted by atomic mass is 10.1. The Morgan fingerprint density at radius 2 is 1.78 bits per heavy atom. The first kappa shape index (κ1) is 17.3. The summed E-state index contributed by atoms with van der Waals surface area (Å²) in [5.41, 5.74) is 1.71. The zero-order valence-corrected chi connectivity index (χ0v) is 14.0. The molecule has 2 aromatic carbocycles. The van der Waals surface area contributed by atoms with Crippen molar-refractivity contribution < 1.29 is 9.59 Å². The molecule has 2 N–H and O–H groups in total. The molecule has 0 aliphatic carbocycles. The summed E-state index contributed by atoms with van der Waals surface area (Å²) in [7, 11) is 1.54. The van der Waals surface area contributed by atoms with Crippen molar-refractivity contribution in [3.63, 3.8) is 0 Å². The van der Waals surface area contributed by atoms with Crippen LogP contribution in [0.3, 0.4) is 0 Å². The van der Waals surface area contributed by atoms with Crippen molar-refractivity contribution in [1.82, 2.24) is 5.32 Å². The van der Waals surface area contributed by atoms with Gasteiger partial charge in [0.1, 0.15) is 0 Å². The highest BCUT2D eigenvalue weighted by Gasteiger charge is 2.12. The maximum Gasteiger partial charge on any atom is 0.253 e. The number of para-hydroxylation sites is 1. The summed E-state index contributed by atoms with van der Waals surface area (Å²) in [6.07, 6.45) is 0.704. The lowest BCUT2D eigenvalue weighted by Gasteiger charge is -2.10. The SMILES string of the molecule is CNC(=O)c1ccccc1NC(=O)CCc1cccc(Cl)c1Cl. The summed E-state index contributed by atoms with van der Waals surface area (Å²) >= 11 is 12.1. The minimum absolute atomic E-state index is 0.197. The van der Waals surface area contributed by atoms with Crippen LogP contribution in [0.4, 0.5) is 5.69 Å². The Hall–Kier alpha value is -2.04. The minimum atomic E-state index is -0.251. The van der Waals surface area contributed by atoms with Crippen LogP contribution in [0.25, 0.3) is 0 Å². The standard InChI is InChI=1S/C17H16Cl2N2O2/c1-20-17(23)12-6-2-3-8-14(12)21-15(22)10-9-11-5-4-7-13(18)16(11)19/h2-8H,9-10H2,1H3,(H,20,23)(H,21,22). The first-order valence-corrected chi connectivity index (χ1v) is 7.82. The number of benzene rings is 2. The van der Waals surface area contributed by atoms with Crippen LogP contribution in [0.2, 0.25) is 10.0 Å². The summed E-state index contributed by atoms with van der Waals surface area (Å²) in [5.74, 6) is -0.448. The van der Waals surface area contributed by atoms with Crippen molar-refractivity contribution in [3.05, 3.63) is 63.6 Å². The van der Waals surface area contributed by atoms with E-state index < -0.39 is 0 Å². The van der Waals surface area contributed by atoms with Crippen LogP contribution >= 0.6 is 23.2 Å². The van der Waals surface area contributed by atoms with Crippen molar-refractivity contribution in [1.29, 1.82) is 0 Å². The van der Waals surface area contributed by atoms with E-state index in [9.17, 15) is 9.59 Å². The fourth-order valence-corrected chi connectivity index (χ4v) is 2.54. The monoisotopic (exact) mass is 350 g/mol. The first-order chi connectivity index (χ1) is 11.0. The number of hydrogen-bond donors (Lipinski definition) is 2. The van der Waals surface area contributed by atoms with Crippen molar-refractivity contribution in [2.24, 2.45) is 0 Å². The molecule has 0 atom stereocenters. The van der Waals surface area contributed by atoms with Gasteiger partial charge in [-0.05, 0) is 30.2 Å². The molecule has 0 aliphatic heterocycles. The highest BCUT2D eigenvalue weighted by molar-refractivity contribution is 6.42. The third kappa shape index (κ3) is 4.47. The van der Waals surface area contributed by atoms with Gasteiger partial charge in [-0.15, -0.1) is 0 Å². The molecule has 0 heterocycles. The van der Waals surface area contributed by atoms with E-state index in [1.807, 2.05) is 6.07 Å². The van der Waals surface area contributed by atoms with Crippen LogP contribution in [-0.4, -0.2) is 18.9 Å². The molecule has 6 heteroatoms. The summed E-state index contributed by atoms with van der Waals surface area (Å²) < 4.78 is 0. The summed E-state index contributed by atoms with van der Waals surface area (Å²) in [5, 5.41) is 6.23. The number of carbonyl (C=O) groups is 2. The molecule has 23 heavy (non-hydrogen) atoms. The minimum Gasteiger partial charge on any atom is -0.355 e. The Morgan fingerprint density at radius 1 is 1.04 bits per heavy atom. The van der Waals surface area contributed by atoms with Gasteiger partial charge in [-0.1, -0.05) is 47.5 Å². The Balaban J connectivity index is 2.03. The number of rotatable bonds is 5. The zero-order chi connectivity index (χ0) is 16.8. The Morgan fingerprint density at radius 3 is 2.52 bits per heavy atom. The zero-order valence-electron chi connectivity index (χ0n) is 12.5. The summed E-state index contributed by atoms with van der Waals surface area (Å²) in [6.45, 7) is 0. The van der Waals surface area contributed by atoms with Crippen LogP contribution in [0.5, 0.6) is 0 Å². The quantitative estimate of drug-likeness (QED) is 0.858. The summed E-state index contributed by atoms with van der Waals surface area (Å²) in [4.78, 5) is 23.9. The lowest BCUT2D eigenvalue weighted by Crippen LogP contribution is -2.21. The largest absolute Gasteiger partial charge is 0.355 e. The normalized spacial score (nSPS) is 10.2. The van der Waals surface area contributed by atoms with Gasteiger partial charge >= 0.3 is 0 Å². The topological polar surface area (TPSA) is 58.2 Å². The average molecular weight is 351 g/mol. The van der Waals surface area contributed by atoms with Gasteiger partial charge in [0.05, 0.1) is 21.3 Å². The highest BCUT2D eigenvalue weighted by Crippen LogP contribution is 2.26. The van der Waals surface area contributed by atoms with E-state index in [1.54, 1.807) is 43.4 Å². The van der Waals surface area contributed by atoms with E-state index in [4.69, 9.17) is 23.2 Å². The van der Waals surface area contributed by atoms with Crippen molar-refractivity contribution in [3.8, 4) is 0 Å². The second kappa shape index (κ2) is 7.99. The predicted molar refractivity (Wildman–Crippen MR) is 93.2 cm³/mol. The number of nitrogens with one attached hydrogen (secondary N) is 2. The van der Waals surface area contributed by atoms with Gasteiger partial charge in [0, 0.05) is 13.5 Å². The van der Waals surface area contributed by atoms with Gasteiger partial charge < -0.3 is 10.6 Å². The van der Waals surface area contributed by atoms with E-state index in [1.165, 1.54) is 0 Å². The maximum atomic E-state index is 12.1. The fraction of sp³-hybridized carbons (Fsp3) is 0.176. The number of carbonyl (C=O) groups excluding carboxylic acids is 2. The van der Waals surface area contributed by atoms with Crippen LogP contribution in [0.15, 0.2) is 42.5 Å². The molecule has 0 aliphatic rings. The number of hydrogen-bond acceptors (Lipinski definition) is 2. The van der Waals surface area contributed by atoms with Gasteiger partial charge in [-0.25, -0.2) is 0 Å². The molecule has 2 amide bonds. The van der Waals surface area contributed by atoms with Crippen molar-refractivity contribution in [2.45, 2.75) is 12.8 Å². The van der Waals surface area contributed by atoms with Gasteiger partial charge in [-0.2, -0.15) is 0 Å². The van der Waals surface area contributed by atoms with E-state index in [2.05, 4.69) is 10.6 Å². The van der Waals surface area contributed by atoms with Gasteiger partial charge in [0.25, 0.3) is 5.91 Å². The number of aryl methyl sites for hydroxylation is 1. The number of amides is 2. The van der Waals surface area contributed by atoms with E-state index in [0.29, 0.717) is 27.7 Å². The molecule has 0 bridgehead atoms. The van der Waals surface area contributed by atoms with Gasteiger partial charge in [-0.3, -0.25) is 9.59 Å². The fourth-order valence-electron chi connectivity index (χ4n) is 2.13. The Bertz CT molecular complexity index is 732. The molecule has 0 spiro atoms. The van der Waals surface area contributed by atoms with Gasteiger partial charge in [0.15, 0.2) is 0 Å². The maximum absolute atomic E-state index is 12.1. The number of halogens is 2. The molecule has 4 nitrogen and oxygen atoms in total. The third-order valence-electron chi connectivity index (χ3n) is 3.33. The molecular weight excluding hydrogens is 335 g/mol. The third-order valence-corrected chi connectivity index (χ3v) is 4.18.